The molecule has 0 aromatic heterocycles. The molecule has 0 aromatic carbocycles. The summed E-state index contributed by atoms with van der Waals surface area (Å²) in [7, 11) is 0. The molecule has 1 amide bonds. The van der Waals surface area contributed by atoms with Crippen LogP contribution in [-0.2, 0) is 4.79 Å². The molecule has 0 unspecified atom stereocenters. The van der Waals surface area contributed by atoms with Gasteiger partial charge >= 0.3 is 0 Å². The second-order valence-corrected chi connectivity index (χ2v) is 3.92. The van der Waals surface area contributed by atoms with E-state index >= 15 is 0 Å². The van der Waals surface area contributed by atoms with Crippen LogP contribution in [-0.4, -0.2) is 11.4 Å². The van der Waals surface area contributed by atoms with E-state index in [1.165, 1.54) is 0 Å². The Hall–Kier alpha value is -1.05. The van der Waals surface area contributed by atoms with Gasteiger partial charge in [-0.1, -0.05) is 17.7 Å². The number of amides is 1. The Morgan fingerprint density at radius 3 is 2.46 bits per heavy atom. The molecule has 1 aliphatic rings. The first-order valence-electron chi connectivity index (χ1n) is 4.69. The van der Waals surface area contributed by atoms with E-state index in [4.69, 9.17) is 0 Å². The monoisotopic (exact) mass is 179 g/mol. The third kappa shape index (κ3) is 3.45. The number of carbonyl (C=O) groups excluding carboxylic acids is 1. The predicted octanol–water partition coefficient (Wildman–Crippen LogP) is 2.18. The number of hydrogen-bond acceptors (Lipinski definition) is 1. The highest BCUT2D eigenvalue weighted by atomic mass is 16.1. The summed E-state index contributed by atoms with van der Waals surface area (Å²) < 4.78 is 0. The minimum absolute atomic E-state index is 0.0150. The van der Waals surface area contributed by atoms with Crippen molar-refractivity contribution in [1.82, 2.24) is 5.32 Å². The first kappa shape index (κ1) is 10.0. The predicted molar refractivity (Wildman–Crippen MR) is 54.4 cm³/mol. The maximum Gasteiger partial charge on any atom is 0.244 e. The minimum atomic E-state index is 0.0150. The molecule has 1 fully saturated rings. The van der Waals surface area contributed by atoms with Crippen LogP contribution in [0.25, 0.3) is 0 Å². The fourth-order valence-electron chi connectivity index (χ4n) is 0.955. The highest BCUT2D eigenvalue weighted by molar-refractivity contribution is 5.88. The summed E-state index contributed by atoms with van der Waals surface area (Å²) >= 11 is 0. The van der Waals surface area contributed by atoms with Crippen LogP contribution in [0, 0.1) is 0 Å². The summed E-state index contributed by atoms with van der Waals surface area (Å²) in [4.78, 5) is 11.3. The van der Waals surface area contributed by atoms with Gasteiger partial charge in [0.15, 0.2) is 0 Å². The van der Waals surface area contributed by atoms with Crippen molar-refractivity contribution in [2.75, 3.05) is 0 Å². The molecule has 0 spiro atoms. The van der Waals surface area contributed by atoms with Crippen LogP contribution < -0.4 is 5.32 Å². The Bertz CT molecular complexity index is 259. The molecular formula is C11H17NO. The second-order valence-electron chi connectivity index (χ2n) is 3.92. The van der Waals surface area contributed by atoms with Gasteiger partial charge in [0.05, 0.1) is 0 Å². The number of carbonyl (C=O) groups is 1. The normalized spacial score (nSPS) is 20.4. The lowest BCUT2D eigenvalue weighted by Gasteiger charge is -2.08. The summed E-state index contributed by atoms with van der Waals surface area (Å²) in [6.45, 7) is 6.00. The largest absolute Gasteiger partial charge is 0.347 e. The average molecular weight is 179 g/mol. The molecule has 0 heterocycles. The van der Waals surface area contributed by atoms with Crippen LogP contribution in [0.5, 0.6) is 0 Å². The molecule has 0 bridgehead atoms. The van der Waals surface area contributed by atoms with Crippen LogP contribution >= 0.6 is 0 Å². The fourth-order valence-corrected chi connectivity index (χ4v) is 0.955. The molecule has 1 aliphatic carbocycles. The molecule has 13 heavy (non-hydrogen) atoms. The molecule has 1 N–H and O–H groups in total. The molecule has 0 atom stereocenters. The van der Waals surface area contributed by atoms with Crippen molar-refractivity contribution >= 4 is 5.91 Å². The Kier molecular flexibility index (Phi) is 2.91. The molecule has 2 heteroatoms. The van der Waals surface area contributed by atoms with E-state index in [-0.39, 0.29) is 11.4 Å². The summed E-state index contributed by atoms with van der Waals surface area (Å²) in [5.41, 5.74) is 1.20. The van der Waals surface area contributed by atoms with Crippen molar-refractivity contribution in [2.24, 2.45) is 0 Å². The Morgan fingerprint density at radius 1 is 1.38 bits per heavy atom. The van der Waals surface area contributed by atoms with E-state index in [1.807, 2.05) is 26.0 Å². The van der Waals surface area contributed by atoms with Crippen LogP contribution in [0.3, 0.4) is 0 Å². The second kappa shape index (κ2) is 3.77. The van der Waals surface area contributed by atoms with Crippen molar-refractivity contribution in [3.05, 3.63) is 23.8 Å². The van der Waals surface area contributed by atoms with E-state index in [1.54, 1.807) is 6.08 Å². The molecular weight excluding hydrogens is 162 g/mol. The van der Waals surface area contributed by atoms with E-state index in [0.29, 0.717) is 0 Å². The highest BCUT2D eigenvalue weighted by Gasteiger charge is 2.37. The lowest BCUT2D eigenvalue weighted by atomic mass is 10.2. The number of hydrogen-bond donors (Lipinski definition) is 1. The van der Waals surface area contributed by atoms with E-state index < -0.39 is 0 Å². The zero-order valence-corrected chi connectivity index (χ0v) is 8.55. The average Bonchev–Trinajstić information content (AvgIpc) is 2.79. The summed E-state index contributed by atoms with van der Waals surface area (Å²) in [6, 6.07) is 0. The molecule has 0 saturated heterocycles. The zero-order valence-electron chi connectivity index (χ0n) is 8.55. The Labute approximate surface area is 79.7 Å². The van der Waals surface area contributed by atoms with Gasteiger partial charge in [0.25, 0.3) is 0 Å². The van der Waals surface area contributed by atoms with Gasteiger partial charge in [-0.25, -0.2) is 0 Å². The maximum atomic E-state index is 11.3. The smallest absolute Gasteiger partial charge is 0.244 e. The van der Waals surface area contributed by atoms with Crippen LogP contribution in [0.2, 0.25) is 0 Å². The Morgan fingerprint density at radius 2 is 2.00 bits per heavy atom. The van der Waals surface area contributed by atoms with Gasteiger partial charge in [-0.3, -0.25) is 4.79 Å². The van der Waals surface area contributed by atoms with Crippen molar-refractivity contribution in [2.45, 2.75) is 39.2 Å². The van der Waals surface area contributed by atoms with Crippen molar-refractivity contribution in [3.63, 3.8) is 0 Å². The summed E-state index contributed by atoms with van der Waals surface area (Å²) in [5, 5.41) is 2.96. The van der Waals surface area contributed by atoms with Gasteiger partial charge in [-0.15, -0.1) is 0 Å². The third-order valence-electron chi connectivity index (χ3n) is 2.38. The lowest BCUT2D eigenvalue weighted by molar-refractivity contribution is -0.117. The quantitative estimate of drug-likeness (QED) is 0.522. The van der Waals surface area contributed by atoms with Gasteiger partial charge in [0.1, 0.15) is 0 Å². The Balaban J connectivity index is 2.37. The van der Waals surface area contributed by atoms with Gasteiger partial charge in [0, 0.05) is 11.6 Å². The molecule has 0 radical (unpaired) electrons. The van der Waals surface area contributed by atoms with Gasteiger partial charge in [0.2, 0.25) is 5.91 Å². The molecule has 1 rings (SSSR count). The van der Waals surface area contributed by atoms with Crippen LogP contribution in [0.4, 0.5) is 0 Å². The van der Waals surface area contributed by atoms with Gasteiger partial charge in [-0.05, 0) is 33.6 Å². The first-order chi connectivity index (χ1) is 6.06. The SMILES string of the molecule is C/C=C(C)\C=C\C(=O)NC1(C)CC1. The topological polar surface area (TPSA) is 29.1 Å². The molecule has 0 aliphatic heterocycles. The number of rotatable bonds is 3. The van der Waals surface area contributed by atoms with Crippen molar-refractivity contribution < 1.29 is 4.79 Å². The molecule has 0 aromatic rings. The fraction of sp³-hybridized carbons (Fsp3) is 0.545. The van der Waals surface area contributed by atoms with Crippen molar-refractivity contribution in [3.8, 4) is 0 Å². The van der Waals surface area contributed by atoms with Gasteiger partial charge in [-0.2, -0.15) is 0 Å². The summed E-state index contributed by atoms with van der Waals surface area (Å²) in [5.74, 6) is 0.0150. The van der Waals surface area contributed by atoms with E-state index in [2.05, 4.69) is 12.2 Å². The zero-order chi connectivity index (χ0) is 9.90. The summed E-state index contributed by atoms with van der Waals surface area (Å²) in [6.07, 6.45) is 7.62. The third-order valence-corrected chi connectivity index (χ3v) is 2.38. The minimum Gasteiger partial charge on any atom is -0.347 e. The maximum absolute atomic E-state index is 11.3. The standard InChI is InChI=1S/C11H17NO/c1-4-9(2)5-6-10(13)12-11(3)7-8-11/h4-6H,7-8H2,1-3H3,(H,12,13)/b6-5+,9-4-. The van der Waals surface area contributed by atoms with Crippen molar-refractivity contribution in [1.29, 1.82) is 0 Å². The highest BCUT2D eigenvalue weighted by Crippen LogP contribution is 2.34. The molecule has 2 nitrogen and oxygen atoms in total. The lowest BCUT2D eigenvalue weighted by Crippen LogP contribution is -2.32. The van der Waals surface area contributed by atoms with Crippen LogP contribution in [0.1, 0.15) is 33.6 Å². The number of allylic oxidation sites excluding steroid dienone is 3. The van der Waals surface area contributed by atoms with E-state index in [0.717, 1.165) is 18.4 Å². The van der Waals surface area contributed by atoms with Gasteiger partial charge < -0.3 is 5.32 Å². The molecule has 72 valence electrons. The first-order valence-corrected chi connectivity index (χ1v) is 4.69. The number of nitrogens with one attached hydrogen (secondary N) is 1. The molecule has 1 saturated carbocycles. The van der Waals surface area contributed by atoms with E-state index in [9.17, 15) is 4.79 Å². The van der Waals surface area contributed by atoms with Crippen LogP contribution in [0.15, 0.2) is 23.8 Å².